The first-order valence-electron chi connectivity index (χ1n) is 5.09. The van der Waals surface area contributed by atoms with Crippen molar-refractivity contribution in [1.82, 2.24) is 5.32 Å². The maximum Gasteiger partial charge on any atom is 0.330 e. The molecule has 3 N–H and O–H groups in total. The van der Waals surface area contributed by atoms with Gasteiger partial charge in [0.05, 0.1) is 19.4 Å². The van der Waals surface area contributed by atoms with Crippen LogP contribution in [0.4, 0.5) is 14.9 Å². The summed E-state index contributed by atoms with van der Waals surface area (Å²) in [6, 6.07) is 3.55. The second kappa shape index (κ2) is 6.55. The molecule has 1 aromatic rings. The number of carbonyl (C=O) groups excluding carboxylic acids is 2. The number of para-hydroxylation sites is 1. The van der Waals surface area contributed by atoms with Gasteiger partial charge < -0.3 is 20.5 Å². The molecule has 2 amide bonds. The third-order valence-electron chi connectivity index (χ3n) is 2.10. The van der Waals surface area contributed by atoms with Gasteiger partial charge in [0.1, 0.15) is 5.82 Å². The molecular weight excluding hydrogens is 243 g/mol. The van der Waals surface area contributed by atoms with Crippen molar-refractivity contribution in [2.45, 2.75) is 6.04 Å². The van der Waals surface area contributed by atoms with Gasteiger partial charge in [-0.15, -0.1) is 0 Å². The number of amides is 2. The van der Waals surface area contributed by atoms with Crippen molar-refractivity contribution in [3.8, 4) is 0 Å². The minimum absolute atomic E-state index is 0.0310. The third kappa shape index (κ3) is 3.70. The van der Waals surface area contributed by atoms with Crippen LogP contribution in [-0.4, -0.2) is 36.9 Å². The highest BCUT2D eigenvalue weighted by Crippen LogP contribution is 2.11. The number of halogens is 1. The number of hydrogen-bond donors (Lipinski definition) is 3. The van der Waals surface area contributed by atoms with Crippen molar-refractivity contribution in [1.29, 1.82) is 0 Å². The number of nitrogens with one attached hydrogen (secondary N) is 2. The van der Waals surface area contributed by atoms with Gasteiger partial charge in [0.15, 0.2) is 6.04 Å². The summed E-state index contributed by atoms with van der Waals surface area (Å²) >= 11 is 0. The van der Waals surface area contributed by atoms with Crippen LogP contribution in [0.25, 0.3) is 0 Å². The summed E-state index contributed by atoms with van der Waals surface area (Å²) < 4.78 is 17.6. The Labute approximate surface area is 103 Å². The molecule has 0 spiro atoms. The molecular formula is C11H13FN2O4. The van der Waals surface area contributed by atoms with Crippen LogP contribution in [0.2, 0.25) is 0 Å². The molecule has 0 aliphatic heterocycles. The van der Waals surface area contributed by atoms with E-state index in [1.165, 1.54) is 18.2 Å². The molecule has 0 saturated heterocycles. The van der Waals surface area contributed by atoms with E-state index in [2.05, 4.69) is 15.4 Å². The molecule has 1 atom stereocenters. The minimum atomic E-state index is -1.19. The lowest BCUT2D eigenvalue weighted by atomic mass is 10.3. The molecule has 0 heterocycles. The first-order valence-corrected chi connectivity index (χ1v) is 5.09. The summed E-state index contributed by atoms with van der Waals surface area (Å²) in [5.74, 6) is -1.40. The number of urea groups is 1. The Kier molecular flexibility index (Phi) is 5.06. The monoisotopic (exact) mass is 256 g/mol. The summed E-state index contributed by atoms with van der Waals surface area (Å²) in [5, 5.41) is 13.2. The Morgan fingerprint density at radius 1 is 1.44 bits per heavy atom. The van der Waals surface area contributed by atoms with Gasteiger partial charge in [-0.25, -0.2) is 14.0 Å². The number of hydrogen-bond acceptors (Lipinski definition) is 4. The zero-order valence-electron chi connectivity index (χ0n) is 9.64. The fourth-order valence-corrected chi connectivity index (χ4v) is 1.20. The summed E-state index contributed by atoms with van der Waals surface area (Å²) in [7, 11) is 1.13. The molecule has 0 aliphatic rings. The molecule has 1 rings (SSSR count). The van der Waals surface area contributed by atoms with E-state index in [1.807, 2.05) is 0 Å². The van der Waals surface area contributed by atoms with E-state index in [4.69, 9.17) is 5.11 Å². The van der Waals surface area contributed by atoms with E-state index < -0.39 is 30.5 Å². The Morgan fingerprint density at radius 3 is 2.67 bits per heavy atom. The number of methoxy groups -OCH3 is 1. The molecule has 0 saturated carbocycles. The Hall–Kier alpha value is -2.15. The van der Waals surface area contributed by atoms with Crippen LogP contribution in [0.5, 0.6) is 0 Å². The van der Waals surface area contributed by atoms with Crippen molar-refractivity contribution < 1.29 is 23.8 Å². The number of carbonyl (C=O) groups is 2. The highest BCUT2D eigenvalue weighted by atomic mass is 19.1. The van der Waals surface area contributed by atoms with Crippen LogP contribution in [-0.2, 0) is 9.53 Å². The summed E-state index contributed by atoms with van der Waals surface area (Å²) in [6.45, 7) is -0.614. The highest BCUT2D eigenvalue weighted by Gasteiger charge is 2.20. The van der Waals surface area contributed by atoms with E-state index in [0.717, 1.165) is 7.11 Å². The lowest BCUT2D eigenvalue weighted by molar-refractivity contribution is -0.143. The molecule has 18 heavy (non-hydrogen) atoms. The van der Waals surface area contributed by atoms with Gasteiger partial charge in [0.2, 0.25) is 0 Å². The largest absolute Gasteiger partial charge is 0.467 e. The van der Waals surface area contributed by atoms with Crippen LogP contribution >= 0.6 is 0 Å². The highest BCUT2D eigenvalue weighted by molar-refractivity contribution is 5.92. The third-order valence-corrected chi connectivity index (χ3v) is 2.10. The molecule has 6 nitrogen and oxygen atoms in total. The minimum Gasteiger partial charge on any atom is -0.467 e. The molecule has 7 heteroatoms. The maximum atomic E-state index is 13.2. The topological polar surface area (TPSA) is 87.7 Å². The van der Waals surface area contributed by atoms with Crippen LogP contribution in [0.15, 0.2) is 24.3 Å². The molecule has 0 bridgehead atoms. The van der Waals surface area contributed by atoms with Gasteiger partial charge in [-0.3, -0.25) is 0 Å². The average Bonchev–Trinajstić information content (AvgIpc) is 2.37. The van der Waals surface area contributed by atoms with Gasteiger partial charge >= 0.3 is 12.0 Å². The molecule has 0 aromatic heterocycles. The number of benzene rings is 1. The average molecular weight is 256 g/mol. The number of aliphatic hydroxyl groups excluding tert-OH is 1. The lowest BCUT2D eigenvalue weighted by Gasteiger charge is -2.14. The van der Waals surface area contributed by atoms with Crippen molar-refractivity contribution in [2.75, 3.05) is 19.0 Å². The first kappa shape index (κ1) is 13.9. The molecule has 98 valence electrons. The number of ether oxygens (including phenoxy) is 1. The van der Waals surface area contributed by atoms with E-state index in [0.29, 0.717) is 0 Å². The van der Waals surface area contributed by atoms with Crippen LogP contribution in [0, 0.1) is 5.82 Å². The van der Waals surface area contributed by atoms with E-state index >= 15 is 0 Å². The van der Waals surface area contributed by atoms with Crippen molar-refractivity contribution in [3.63, 3.8) is 0 Å². The second-order valence-electron chi connectivity index (χ2n) is 3.34. The van der Waals surface area contributed by atoms with Gasteiger partial charge in [-0.05, 0) is 12.1 Å². The second-order valence-corrected chi connectivity index (χ2v) is 3.34. The van der Waals surface area contributed by atoms with Crippen LogP contribution < -0.4 is 10.6 Å². The Bertz CT molecular complexity index is 439. The standard InChI is InChI=1S/C11H13FN2O4/c1-18-10(16)9(6-15)14-11(17)13-8-5-3-2-4-7(8)12/h2-5,9,15H,6H2,1H3,(H2,13,14,17). The summed E-state index contributed by atoms with van der Waals surface area (Å²) in [4.78, 5) is 22.5. The smallest absolute Gasteiger partial charge is 0.330 e. The quantitative estimate of drug-likeness (QED) is 0.684. The van der Waals surface area contributed by atoms with Crippen molar-refractivity contribution in [3.05, 3.63) is 30.1 Å². The molecule has 0 radical (unpaired) electrons. The molecule has 0 aliphatic carbocycles. The predicted octanol–water partition coefficient (Wildman–Crippen LogP) is 0.481. The van der Waals surface area contributed by atoms with Gasteiger partial charge in [-0.2, -0.15) is 0 Å². The van der Waals surface area contributed by atoms with E-state index in [1.54, 1.807) is 6.07 Å². The molecule has 1 unspecified atom stereocenters. The van der Waals surface area contributed by atoms with Crippen molar-refractivity contribution >= 4 is 17.7 Å². The lowest BCUT2D eigenvalue weighted by Crippen LogP contribution is -2.45. The predicted molar refractivity (Wildman–Crippen MR) is 61.4 cm³/mol. The zero-order valence-corrected chi connectivity index (χ0v) is 9.64. The fraction of sp³-hybridized carbons (Fsp3) is 0.273. The fourth-order valence-electron chi connectivity index (χ4n) is 1.20. The van der Waals surface area contributed by atoms with E-state index in [-0.39, 0.29) is 5.69 Å². The number of anilines is 1. The van der Waals surface area contributed by atoms with Gasteiger partial charge in [-0.1, -0.05) is 12.1 Å². The Balaban J connectivity index is 2.61. The summed E-state index contributed by atoms with van der Waals surface area (Å²) in [5.41, 5.74) is -0.0310. The Morgan fingerprint density at radius 2 is 2.11 bits per heavy atom. The molecule has 1 aromatic carbocycles. The van der Waals surface area contributed by atoms with Crippen LogP contribution in [0.1, 0.15) is 0 Å². The zero-order chi connectivity index (χ0) is 13.5. The SMILES string of the molecule is COC(=O)C(CO)NC(=O)Nc1ccccc1F. The van der Waals surface area contributed by atoms with Gasteiger partial charge in [0.25, 0.3) is 0 Å². The number of aliphatic hydroxyl groups is 1. The normalized spacial score (nSPS) is 11.5. The maximum absolute atomic E-state index is 13.2. The van der Waals surface area contributed by atoms with Gasteiger partial charge in [0, 0.05) is 0 Å². The van der Waals surface area contributed by atoms with E-state index in [9.17, 15) is 14.0 Å². The number of rotatable bonds is 4. The molecule has 0 fully saturated rings. The van der Waals surface area contributed by atoms with Crippen molar-refractivity contribution in [2.24, 2.45) is 0 Å². The number of esters is 1. The first-order chi connectivity index (χ1) is 8.58. The van der Waals surface area contributed by atoms with Crippen LogP contribution in [0.3, 0.4) is 0 Å². The summed E-state index contributed by atoms with van der Waals surface area (Å²) in [6.07, 6.45) is 0.